The minimum Gasteiger partial charge on any atom is -0.337 e. The summed E-state index contributed by atoms with van der Waals surface area (Å²) in [5.41, 5.74) is 3.16. The maximum Gasteiger partial charge on any atom is 0.240 e. The van der Waals surface area contributed by atoms with Crippen LogP contribution in [0, 0.1) is 18.6 Å². The van der Waals surface area contributed by atoms with Crippen molar-refractivity contribution in [3.8, 4) is 11.3 Å². The second-order valence-electron chi connectivity index (χ2n) is 10.6. The van der Waals surface area contributed by atoms with Crippen LogP contribution in [-0.4, -0.2) is 54.4 Å². The number of hydrogen-bond acceptors (Lipinski definition) is 7. The molecule has 9 nitrogen and oxygen atoms in total. The predicted octanol–water partition coefficient (Wildman–Crippen LogP) is 4.19. The molecule has 1 atom stereocenters. The van der Waals surface area contributed by atoms with Crippen molar-refractivity contribution in [3.63, 3.8) is 0 Å². The Morgan fingerprint density at radius 2 is 1.97 bits per heavy atom. The van der Waals surface area contributed by atoms with E-state index in [-0.39, 0.29) is 29.1 Å². The number of amides is 1. The Bertz CT molecular complexity index is 1610. The number of nitrogens with one attached hydrogen (secondary N) is 2. The maximum atomic E-state index is 15.0. The first kappa shape index (κ1) is 24.1. The van der Waals surface area contributed by atoms with Gasteiger partial charge in [-0.3, -0.25) is 4.79 Å². The van der Waals surface area contributed by atoms with E-state index in [2.05, 4.69) is 25.6 Å². The number of nitrogens with zero attached hydrogens (tertiary/aromatic N) is 6. The van der Waals surface area contributed by atoms with Gasteiger partial charge in [-0.1, -0.05) is 6.07 Å². The molecular weight excluding hydrogens is 502 g/mol. The highest BCUT2D eigenvalue weighted by atomic mass is 19.1. The van der Waals surface area contributed by atoms with Crippen LogP contribution >= 0.6 is 0 Å². The van der Waals surface area contributed by atoms with Gasteiger partial charge in [0.1, 0.15) is 22.9 Å². The largest absolute Gasteiger partial charge is 0.337 e. The van der Waals surface area contributed by atoms with E-state index in [4.69, 9.17) is 4.98 Å². The van der Waals surface area contributed by atoms with Gasteiger partial charge in [0.05, 0.1) is 17.8 Å². The first-order valence-corrected chi connectivity index (χ1v) is 13.4. The van der Waals surface area contributed by atoms with Crippen molar-refractivity contribution in [1.29, 1.82) is 0 Å². The number of carbonyl (C=O) groups excluding carboxylic acids is 1. The fourth-order valence-corrected chi connectivity index (χ4v) is 5.73. The summed E-state index contributed by atoms with van der Waals surface area (Å²) in [7, 11) is 0. The number of hydrogen-bond donors (Lipinski definition) is 2. The number of imidazole rings is 1. The van der Waals surface area contributed by atoms with Gasteiger partial charge in [-0.25, -0.2) is 28.7 Å². The summed E-state index contributed by atoms with van der Waals surface area (Å²) in [6.07, 6.45) is 5.68. The van der Waals surface area contributed by atoms with Gasteiger partial charge >= 0.3 is 0 Å². The van der Waals surface area contributed by atoms with Gasteiger partial charge in [0.2, 0.25) is 11.9 Å². The van der Waals surface area contributed by atoms with Crippen molar-refractivity contribution in [1.82, 2.24) is 34.7 Å². The van der Waals surface area contributed by atoms with Crippen LogP contribution in [0.1, 0.15) is 48.8 Å². The van der Waals surface area contributed by atoms with Gasteiger partial charge in [-0.2, -0.15) is 0 Å². The minimum absolute atomic E-state index is 0.00198. The van der Waals surface area contributed by atoms with Gasteiger partial charge in [0.25, 0.3) is 0 Å². The van der Waals surface area contributed by atoms with E-state index >= 15 is 4.39 Å². The second-order valence-corrected chi connectivity index (χ2v) is 10.6. The van der Waals surface area contributed by atoms with E-state index in [1.54, 1.807) is 12.1 Å². The molecule has 0 spiro atoms. The third-order valence-electron chi connectivity index (χ3n) is 7.81. The summed E-state index contributed by atoms with van der Waals surface area (Å²) in [4.78, 5) is 32.3. The fourth-order valence-electron chi connectivity index (χ4n) is 5.73. The molecule has 3 aromatic heterocycles. The molecule has 2 N–H and O–H groups in total. The van der Waals surface area contributed by atoms with Crippen molar-refractivity contribution in [3.05, 3.63) is 59.2 Å². The Labute approximate surface area is 223 Å². The van der Waals surface area contributed by atoms with Crippen LogP contribution in [0.5, 0.6) is 0 Å². The van der Waals surface area contributed by atoms with E-state index in [0.717, 1.165) is 55.5 Å². The number of halogens is 2. The predicted molar refractivity (Wildman–Crippen MR) is 141 cm³/mol. The molecule has 1 aliphatic carbocycles. The number of aryl methyl sites for hydroxylation is 1. The average molecular weight is 531 g/mol. The maximum absolute atomic E-state index is 15.0. The Morgan fingerprint density at radius 3 is 2.77 bits per heavy atom. The molecule has 39 heavy (non-hydrogen) atoms. The van der Waals surface area contributed by atoms with Crippen LogP contribution in [0.3, 0.4) is 0 Å². The van der Waals surface area contributed by atoms with Gasteiger partial charge in [-0.15, -0.1) is 0 Å². The van der Waals surface area contributed by atoms with Crippen LogP contribution in [0.4, 0.5) is 20.5 Å². The average Bonchev–Trinajstić information content (AvgIpc) is 3.48. The molecule has 1 saturated carbocycles. The first-order chi connectivity index (χ1) is 18.9. The molecule has 1 amide bonds. The standard InChI is InChI=1S/C28H28F2N8O/c1-15-33-26-19(29)11-17(12-23(26)38(15)18-5-6-18)25-20(30)13-32-28(36-25)35-24-7-4-16-14-37(10-8-21(16)34-24)27(39)22-3-2-9-31-22/h4,7,11-13,18,22,31H,2-3,5-6,8-10,14H2,1H3,(H,32,34,35,36). The van der Waals surface area contributed by atoms with Crippen LogP contribution in [0.15, 0.2) is 30.5 Å². The highest BCUT2D eigenvalue weighted by molar-refractivity contribution is 5.83. The molecule has 2 fully saturated rings. The van der Waals surface area contributed by atoms with Crippen LogP contribution in [-0.2, 0) is 17.8 Å². The lowest BCUT2D eigenvalue weighted by Gasteiger charge is -2.30. The van der Waals surface area contributed by atoms with E-state index < -0.39 is 11.6 Å². The van der Waals surface area contributed by atoms with Crippen molar-refractivity contribution in [2.24, 2.45) is 0 Å². The van der Waals surface area contributed by atoms with Crippen molar-refractivity contribution >= 4 is 28.7 Å². The summed E-state index contributed by atoms with van der Waals surface area (Å²) >= 11 is 0. The molecule has 1 saturated heterocycles. The number of fused-ring (bicyclic) bond motifs is 2. The zero-order chi connectivity index (χ0) is 26.7. The first-order valence-electron chi connectivity index (χ1n) is 13.4. The number of aromatic nitrogens is 5. The Morgan fingerprint density at radius 1 is 1.10 bits per heavy atom. The fraction of sp³-hybridized carbons (Fsp3) is 0.393. The highest BCUT2D eigenvalue weighted by Crippen LogP contribution is 2.40. The number of carbonyl (C=O) groups is 1. The zero-order valence-corrected chi connectivity index (χ0v) is 21.5. The summed E-state index contributed by atoms with van der Waals surface area (Å²) in [5.74, 6) is 0.421. The van der Waals surface area contributed by atoms with Crippen LogP contribution in [0.2, 0.25) is 0 Å². The smallest absolute Gasteiger partial charge is 0.240 e. The summed E-state index contributed by atoms with van der Waals surface area (Å²) in [6.45, 7) is 3.89. The quantitative estimate of drug-likeness (QED) is 0.399. The van der Waals surface area contributed by atoms with Crippen molar-refractivity contribution in [2.45, 2.75) is 57.7 Å². The SMILES string of the molecule is Cc1nc2c(F)cc(-c3nc(Nc4ccc5c(n4)CCN(C(=O)C4CCCN4)C5)ncc3F)cc2n1C1CC1. The van der Waals surface area contributed by atoms with Gasteiger partial charge in [0.15, 0.2) is 11.6 Å². The molecule has 7 rings (SSSR count). The summed E-state index contributed by atoms with van der Waals surface area (Å²) in [5, 5.41) is 6.34. The van der Waals surface area contributed by atoms with Crippen LogP contribution < -0.4 is 10.6 Å². The molecule has 5 heterocycles. The Kier molecular flexibility index (Phi) is 5.76. The van der Waals surface area contributed by atoms with Crippen molar-refractivity contribution in [2.75, 3.05) is 18.4 Å². The van der Waals surface area contributed by atoms with Gasteiger partial charge < -0.3 is 20.1 Å². The molecule has 1 unspecified atom stereocenters. The molecule has 200 valence electrons. The normalized spacial score (nSPS) is 18.9. The molecule has 0 radical (unpaired) electrons. The lowest BCUT2D eigenvalue weighted by molar-refractivity contribution is -0.134. The van der Waals surface area contributed by atoms with E-state index in [0.29, 0.717) is 42.5 Å². The number of rotatable bonds is 5. The Hall–Kier alpha value is -3.99. The minimum atomic E-state index is -0.645. The third-order valence-corrected chi connectivity index (χ3v) is 7.81. The molecule has 0 bridgehead atoms. The molecular formula is C28H28F2N8O. The van der Waals surface area contributed by atoms with Crippen LogP contribution in [0.25, 0.3) is 22.3 Å². The Balaban J connectivity index is 1.14. The molecule has 2 aliphatic heterocycles. The number of benzene rings is 1. The number of anilines is 2. The molecule has 11 heteroatoms. The highest BCUT2D eigenvalue weighted by Gasteiger charge is 2.30. The van der Waals surface area contributed by atoms with E-state index in [1.165, 1.54) is 6.07 Å². The lowest BCUT2D eigenvalue weighted by Crippen LogP contribution is -2.45. The van der Waals surface area contributed by atoms with Gasteiger partial charge in [-0.05, 0) is 62.9 Å². The second kappa shape index (κ2) is 9.33. The molecule has 1 aromatic carbocycles. The van der Waals surface area contributed by atoms with Crippen molar-refractivity contribution < 1.29 is 13.6 Å². The topological polar surface area (TPSA) is 101 Å². The molecule has 3 aliphatic rings. The molecule has 4 aromatic rings. The third kappa shape index (κ3) is 4.40. The van der Waals surface area contributed by atoms with E-state index in [1.807, 2.05) is 22.5 Å². The van der Waals surface area contributed by atoms with Gasteiger partial charge in [0, 0.05) is 36.8 Å². The van der Waals surface area contributed by atoms with E-state index in [9.17, 15) is 9.18 Å². The zero-order valence-electron chi connectivity index (χ0n) is 21.5. The lowest BCUT2D eigenvalue weighted by atomic mass is 10.0. The monoisotopic (exact) mass is 530 g/mol. The number of pyridine rings is 1. The summed E-state index contributed by atoms with van der Waals surface area (Å²) in [6, 6.07) is 6.98. The summed E-state index contributed by atoms with van der Waals surface area (Å²) < 4.78 is 31.9.